The van der Waals surface area contributed by atoms with Crippen molar-refractivity contribution in [2.75, 3.05) is 6.54 Å². The molecule has 3 N–H and O–H groups in total. The summed E-state index contributed by atoms with van der Waals surface area (Å²) in [5, 5.41) is 3.14. The Labute approximate surface area is 61.0 Å². The fourth-order valence-corrected chi connectivity index (χ4v) is 1.08. The third-order valence-electron chi connectivity index (χ3n) is 2.17. The van der Waals surface area contributed by atoms with Crippen molar-refractivity contribution in [2.24, 2.45) is 5.73 Å². The molecule has 1 rings (SSSR count). The van der Waals surface area contributed by atoms with Gasteiger partial charge in [-0.2, -0.15) is 0 Å². The fourth-order valence-electron chi connectivity index (χ4n) is 1.08. The van der Waals surface area contributed by atoms with E-state index in [1.54, 1.807) is 0 Å². The standard InChI is InChI=1S/C7H14N2O/c1-2-7(3-4-7)9-5-6(8)10/h9H,2-5H2,1H3,(H2,8,10). The summed E-state index contributed by atoms with van der Waals surface area (Å²) in [6, 6.07) is 0. The van der Waals surface area contributed by atoms with Gasteiger partial charge in [-0.15, -0.1) is 0 Å². The van der Waals surface area contributed by atoms with E-state index < -0.39 is 0 Å². The van der Waals surface area contributed by atoms with Crippen molar-refractivity contribution in [3.63, 3.8) is 0 Å². The van der Waals surface area contributed by atoms with Gasteiger partial charge in [0.15, 0.2) is 0 Å². The van der Waals surface area contributed by atoms with Crippen LogP contribution in [0.2, 0.25) is 0 Å². The van der Waals surface area contributed by atoms with Crippen molar-refractivity contribution in [1.29, 1.82) is 0 Å². The number of carbonyl (C=O) groups excluding carboxylic acids is 1. The number of amides is 1. The molecule has 1 amide bonds. The van der Waals surface area contributed by atoms with E-state index in [0.717, 1.165) is 6.42 Å². The van der Waals surface area contributed by atoms with Crippen LogP contribution in [0.3, 0.4) is 0 Å². The quantitative estimate of drug-likeness (QED) is 0.580. The predicted octanol–water partition coefficient (Wildman–Crippen LogP) is 0.00390. The molecule has 3 heteroatoms. The van der Waals surface area contributed by atoms with E-state index in [-0.39, 0.29) is 11.4 Å². The van der Waals surface area contributed by atoms with Gasteiger partial charge in [0.05, 0.1) is 6.54 Å². The Morgan fingerprint density at radius 2 is 2.30 bits per heavy atom. The Morgan fingerprint density at radius 3 is 2.60 bits per heavy atom. The highest BCUT2D eigenvalue weighted by Gasteiger charge is 2.39. The van der Waals surface area contributed by atoms with Gasteiger partial charge in [0.1, 0.15) is 0 Å². The predicted molar refractivity (Wildman–Crippen MR) is 39.5 cm³/mol. The number of primary amides is 1. The average Bonchev–Trinajstić information content (AvgIpc) is 2.64. The molecule has 1 aliphatic carbocycles. The van der Waals surface area contributed by atoms with Crippen LogP contribution in [0.1, 0.15) is 26.2 Å². The molecule has 1 saturated carbocycles. The maximum atomic E-state index is 10.3. The van der Waals surface area contributed by atoms with Crippen molar-refractivity contribution in [3.8, 4) is 0 Å². The molecule has 0 unspecified atom stereocenters. The van der Waals surface area contributed by atoms with Gasteiger partial charge in [-0.1, -0.05) is 6.92 Å². The fraction of sp³-hybridized carbons (Fsp3) is 0.857. The molecular formula is C7H14N2O. The Bertz CT molecular complexity index is 141. The van der Waals surface area contributed by atoms with Gasteiger partial charge in [-0.3, -0.25) is 4.79 Å². The number of nitrogens with one attached hydrogen (secondary N) is 1. The van der Waals surface area contributed by atoms with Crippen LogP contribution in [0.5, 0.6) is 0 Å². The summed E-state index contributed by atoms with van der Waals surface area (Å²) >= 11 is 0. The second kappa shape index (κ2) is 2.58. The highest BCUT2D eigenvalue weighted by Crippen LogP contribution is 2.37. The normalized spacial score (nSPS) is 20.5. The van der Waals surface area contributed by atoms with Crippen molar-refractivity contribution in [3.05, 3.63) is 0 Å². The third-order valence-corrected chi connectivity index (χ3v) is 2.17. The Balaban J connectivity index is 2.19. The lowest BCUT2D eigenvalue weighted by atomic mass is 10.2. The first-order valence-corrected chi connectivity index (χ1v) is 3.72. The number of hydrogen-bond donors (Lipinski definition) is 2. The second-order valence-corrected chi connectivity index (χ2v) is 2.95. The zero-order valence-electron chi connectivity index (χ0n) is 6.31. The van der Waals surface area contributed by atoms with Gasteiger partial charge in [0.2, 0.25) is 5.91 Å². The number of hydrogen-bond acceptors (Lipinski definition) is 2. The summed E-state index contributed by atoms with van der Waals surface area (Å²) in [6.07, 6.45) is 3.48. The van der Waals surface area contributed by atoms with Gasteiger partial charge >= 0.3 is 0 Å². The lowest BCUT2D eigenvalue weighted by molar-refractivity contribution is -0.117. The number of nitrogens with two attached hydrogens (primary N) is 1. The molecule has 0 aromatic carbocycles. The van der Waals surface area contributed by atoms with Gasteiger partial charge in [0.25, 0.3) is 0 Å². The molecule has 0 saturated heterocycles. The summed E-state index contributed by atoms with van der Waals surface area (Å²) in [7, 11) is 0. The van der Waals surface area contributed by atoms with Crippen molar-refractivity contribution < 1.29 is 4.79 Å². The summed E-state index contributed by atoms with van der Waals surface area (Å²) in [6.45, 7) is 2.45. The van der Waals surface area contributed by atoms with Gasteiger partial charge in [-0.05, 0) is 19.3 Å². The van der Waals surface area contributed by atoms with E-state index in [1.807, 2.05) is 0 Å². The zero-order valence-corrected chi connectivity index (χ0v) is 6.31. The van der Waals surface area contributed by atoms with E-state index >= 15 is 0 Å². The van der Waals surface area contributed by atoms with E-state index in [4.69, 9.17) is 5.73 Å². The molecule has 0 aromatic heterocycles. The van der Waals surface area contributed by atoms with Crippen LogP contribution in [-0.4, -0.2) is 18.0 Å². The molecule has 3 nitrogen and oxygen atoms in total. The van der Waals surface area contributed by atoms with E-state index in [2.05, 4.69) is 12.2 Å². The lowest BCUT2D eigenvalue weighted by Gasteiger charge is -2.12. The first-order valence-electron chi connectivity index (χ1n) is 3.72. The topological polar surface area (TPSA) is 55.1 Å². The lowest BCUT2D eigenvalue weighted by Crippen LogP contribution is -2.37. The molecule has 10 heavy (non-hydrogen) atoms. The Morgan fingerprint density at radius 1 is 1.70 bits per heavy atom. The van der Waals surface area contributed by atoms with Crippen molar-refractivity contribution in [2.45, 2.75) is 31.7 Å². The van der Waals surface area contributed by atoms with E-state index in [1.165, 1.54) is 12.8 Å². The molecule has 1 aliphatic rings. The van der Waals surface area contributed by atoms with E-state index in [0.29, 0.717) is 6.54 Å². The Kier molecular flexibility index (Phi) is 1.94. The van der Waals surface area contributed by atoms with Crippen LogP contribution in [0.25, 0.3) is 0 Å². The summed E-state index contributed by atoms with van der Waals surface area (Å²) in [5.74, 6) is -0.264. The van der Waals surface area contributed by atoms with Crippen LogP contribution in [0.4, 0.5) is 0 Å². The monoisotopic (exact) mass is 142 g/mol. The largest absolute Gasteiger partial charge is 0.369 e. The average molecular weight is 142 g/mol. The molecule has 0 aromatic rings. The SMILES string of the molecule is CCC1(NCC(N)=O)CC1. The van der Waals surface area contributed by atoms with Crippen LogP contribution in [0.15, 0.2) is 0 Å². The molecule has 0 heterocycles. The zero-order chi connectivity index (χ0) is 7.61. The summed E-state index contributed by atoms with van der Waals surface area (Å²) in [4.78, 5) is 10.3. The first-order chi connectivity index (χ1) is 4.68. The molecule has 0 spiro atoms. The maximum absolute atomic E-state index is 10.3. The van der Waals surface area contributed by atoms with E-state index in [9.17, 15) is 4.79 Å². The van der Waals surface area contributed by atoms with Crippen LogP contribution in [0, 0.1) is 0 Å². The molecule has 0 aliphatic heterocycles. The second-order valence-electron chi connectivity index (χ2n) is 2.95. The number of rotatable bonds is 4. The molecule has 0 bridgehead atoms. The first kappa shape index (κ1) is 7.54. The molecule has 1 fully saturated rings. The minimum atomic E-state index is -0.264. The smallest absolute Gasteiger partial charge is 0.231 e. The molecular weight excluding hydrogens is 128 g/mol. The Hall–Kier alpha value is -0.570. The minimum absolute atomic E-state index is 0.264. The summed E-state index contributed by atoms with van der Waals surface area (Å²) < 4.78 is 0. The highest BCUT2D eigenvalue weighted by molar-refractivity contribution is 5.76. The maximum Gasteiger partial charge on any atom is 0.231 e. The third kappa shape index (κ3) is 1.70. The van der Waals surface area contributed by atoms with Gasteiger partial charge < -0.3 is 11.1 Å². The molecule has 0 radical (unpaired) electrons. The highest BCUT2D eigenvalue weighted by atomic mass is 16.1. The van der Waals surface area contributed by atoms with Gasteiger partial charge in [-0.25, -0.2) is 0 Å². The molecule has 58 valence electrons. The number of carbonyl (C=O) groups is 1. The minimum Gasteiger partial charge on any atom is -0.369 e. The van der Waals surface area contributed by atoms with Crippen molar-refractivity contribution >= 4 is 5.91 Å². The van der Waals surface area contributed by atoms with Crippen LogP contribution >= 0.6 is 0 Å². The summed E-state index contributed by atoms with van der Waals surface area (Å²) in [5.41, 5.74) is 5.25. The van der Waals surface area contributed by atoms with Crippen molar-refractivity contribution in [1.82, 2.24) is 5.32 Å². The van der Waals surface area contributed by atoms with Crippen LogP contribution in [-0.2, 0) is 4.79 Å². The molecule has 0 atom stereocenters. The van der Waals surface area contributed by atoms with Crippen LogP contribution < -0.4 is 11.1 Å². The van der Waals surface area contributed by atoms with Gasteiger partial charge in [0, 0.05) is 5.54 Å².